The summed E-state index contributed by atoms with van der Waals surface area (Å²) < 4.78 is 1.99. The molecule has 0 spiro atoms. The van der Waals surface area contributed by atoms with Crippen molar-refractivity contribution in [2.45, 2.75) is 26.9 Å². The number of aromatic amines is 1. The number of nitrogens with zero attached hydrogens (tertiary/aromatic N) is 4. The third kappa shape index (κ3) is 4.13. The number of hydrogen-bond acceptors (Lipinski definition) is 5. The zero-order chi connectivity index (χ0) is 22.9. The molecule has 0 unspecified atom stereocenters. The largest absolute Gasteiger partial charge is 0.309 e. The molecule has 0 bridgehead atoms. The van der Waals surface area contributed by atoms with Crippen LogP contribution in [0.25, 0.3) is 27.0 Å². The molecule has 0 aliphatic heterocycles. The van der Waals surface area contributed by atoms with E-state index in [-0.39, 0.29) is 5.56 Å². The second-order valence-corrected chi connectivity index (χ2v) is 9.14. The Morgan fingerprint density at radius 3 is 2.42 bits per heavy atom. The van der Waals surface area contributed by atoms with Gasteiger partial charge < -0.3 is 4.98 Å². The van der Waals surface area contributed by atoms with Crippen LogP contribution in [0.5, 0.6) is 0 Å². The molecule has 0 radical (unpaired) electrons. The first-order valence-electron chi connectivity index (χ1n) is 10.9. The number of aromatic nitrogens is 4. The highest BCUT2D eigenvalue weighted by Gasteiger charge is 2.17. The first-order valence-corrected chi connectivity index (χ1v) is 11.7. The molecule has 7 heteroatoms. The van der Waals surface area contributed by atoms with Gasteiger partial charge in [-0.15, -0.1) is 11.3 Å². The van der Waals surface area contributed by atoms with E-state index in [0.29, 0.717) is 24.3 Å². The SMILES string of the molecule is Cc1nn(-c2ccccc2)c(C)c1CN(C)Cc1nc2scc(-c3ccccc3)c2c(=O)[nH]1. The number of thiophene rings is 1. The van der Waals surface area contributed by atoms with E-state index in [1.807, 2.05) is 72.6 Å². The number of aryl methyl sites for hydroxylation is 1. The van der Waals surface area contributed by atoms with E-state index in [0.717, 1.165) is 33.0 Å². The van der Waals surface area contributed by atoms with Crippen molar-refractivity contribution in [3.8, 4) is 16.8 Å². The third-order valence-corrected chi connectivity index (χ3v) is 6.74. The standard InChI is InChI=1S/C26H25N5OS/c1-17-21(18(2)31(29-17)20-12-8-5-9-13-20)14-30(3)15-23-27-25(32)24-22(16-33-26(24)28-23)19-10-6-4-7-11-19/h4-13,16H,14-15H2,1-3H3,(H,27,28,32). The van der Waals surface area contributed by atoms with Crippen LogP contribution in [0.2, 0.25) is 0 Å². The van der Waals surface area contributed by atoms with Crippen LogP contribution in [-0.2, 0) is 13.1 Å². The maximum Gasteiger partial charge on any atom is 0.260 e. The van der Waals surface area contributed by atoms with Gasteiger partial charge in [0, 0.05) is 28.7 Å². The molecule has 0 aliphatic carbocycles. The molecule has 0 aliphatic rings. The van der Waals surface area contributed by atoms with Crippen LogP contribution in [0.15, 0.2) is 70.8 Å². The van der Waals surface area contributed by atoms with Crippen LogP contribution in [-0.4, -0.2) is 31.7 Å². The fraction of sp³-hybridized carbons (Fsp3) is 0.192. The van der Waals surface area contributed by atoms with E-state index in [2.05, 4.69) is 28.9 Å². The Hall–Kier alpha value is -3.55. The quantitative estimate of drug-likeness (QED) is 0.387. The lowest BCUT2D eigenvalue weighted by Gasteiger charge is -2.16. The van der Waals surface area contributed by atoms with Crippen molar-refractivity contribution in [3.63, 3.8) is 0 Å². The maximum atomic E-state index is 12.9. The number of rotatable bonds is 6. The molecule has 6 nitrogen and oxygen atoms in total. The lowest BCUT2D eigenvalue weighted by molar-refractivity contribution is 0.309. The Bertz CT molecular complexity index is 1470. The highest BCUT2D eigenvalue weighted by molar-refractivity contribution is 7.17. The number of fused-ring (bicyclic) bond motifs is 1. The Morgan fingerprint density at radius 1 is 1.00 bits per heavy atom. The van der Waals surface area contributed by atoms with Gasteiger partial charge in [0.2, 0.25) is 0 Å². The Labute approximate surface area is 196 Å². The normalized spacial score (nSPS) is 11.5. The fourth-order valence-electron chi connectivity index (χ4n) is 4.20. The Morgan fingerprint density at radius 2 is 1.70 bits per heavy atom. The number of benzene rings is 2. The molecule has 0 saturated carbocycles. The molecule has 1 N–H and O–H groups in total. The number of nitrogens with one attached hydrogen (secondary N) is 1. The Kier molecular flexibility index (Phi) is 5.66. The molecular weight excluding hydrogens is 430 g/mol. The van der Waals surface area contributed by atoms with Gasteiger partial charge in [-0.05, 0) is 38.6 Å². The van der Waals surface area contributed by atoms with Crippen LogP contribution in [0.3, 0.4) is 0 Å². The summed E-state index contributed by atoms with van der Waals surface area (Å²) in [5, 5.41) is 7.42. The summed E-state index contributed by atoms with van der Waals surface area (Å²) in [5.41, 5.74) is 6.24. The molecule has 0 amide bonds. The van der Waals surface area contributed by atoms with Gasteiger partial charge >= 0.3 is 0 Å². The van der Waals surface area contributed by atoms with Crippen molar-refractivity contribution >= 4 is 21.6 Å². The zero-order valence-electron chi connectivity index (χ0n) is 18.9. The zero-order valence-corrected chi connectivity index (χ0v) is 19.7. The van der Waals surface area contributed by atoms with Crippen molar-refractivity contribution < 1.29 is 0 Å². The number of H-pyrrole nitrogens is 1. The molecular formula is C26H25N5OS. The highest BCUT2D eigenvalue weighted by Crippen LogP contribution is 2.30. The van der Waals surface area contributed by atoms with Crippen molar-refractivity contribution in [2.24, 2.45) is 0 Å². The van der Waals surface area contributed by atoms with Crippen LogP contribution in [0.1, 0.15) is 22.8 Å². The topological polar surface area (TPSA) is 66.8 Å². The summed E-state index contributed by atoms with van der Waals surface area (Å²) >= 11 is 1.51. The summed E-state index contributed by atoms with van der Waals surface area (Å²) in [7, 11) is 2.03. The molecule has 3 aromatic heterocycles. The summed E-state index contributed by atoms with van der Waals surface area (Å²) in [6, 6.07) is 20.1. The summed E-state index contributed by atoms with van der Waals surface area (Å²) in [6.07, 6.45) is 0. The van der Waals surface area contributed by atoms with Crippen LogP contribution >= 0.6 is 11.3 Å². The van der Waals surface area contributed by atoms with E-state index in [1.165, 1.54) is 16.9 Å². The molecule has 0 atom stereocenters. The summed E-state index contributed by atoms with van der Waals surface area (Å²) in [5.74, 6) is 0.669. The van der Waals surface area contributed by atoms with Gasteiger partial charge in [-0.25, -0.2) is 9.67 Å². The van der Waals surface area contributed by atoms with Crippen molar-refractivity contribution in [3.05, 3.63) is 99.2 Å². The van der Waals surface area contributed by atoms with Gasteiger partial charge in [0.1, 0.15) is 10.7 Å². The van der Waals surface area contributed by atoms with Gasteiger partial charge in [0.05, 0.1) is 23.3 Å². The van der Waals surface area contributed by atoms with Crippen molar-refractivity contribution in [1.82, 2.24) is 24.6 Å². The second kappa shape index (κ2) is 8.77. The molecule has 0 saturated heterocycles. The average molecular weight is 456 g/mol. The third-order valence-electron chi connectivity index (χ3n) is 5.87. The lowest BCUT2D eigenvalue weighted by atomic mass is 10.1. The molecule has 5 aromatic rings. The van der Waals surface area contributed by atoms with E-state index < -0.39 is 0 Å². The second-order valence-electron chi connectivity index (χ2n) is 8.28. The monoisotopic (exact) mass is 455 g/mol. The predicted octanol–water partition coefficient (Wildman–Crippen LogP) is 5.09. The molecule has 33 heavy (non-hydrogen) atoms. The fourth-order valence-corrected chi connectivity index (χ4v) is 5.17. The maximum absolute atomic E-state index is 12.9. The number of hydrogen-bond donors (Lipinski definition) is 1. The first-order chi connectivity index (χ1) is 16.0. The van der Waals surface area contributed by atoms with Gasteiger partial charge in [-0.1, -0.05) is 48.5 Å². The summed E-state index contributed by atoms with van der Waals surface area (Å²) in [4.78, 5) is 23.6. The lowest BCUT2D eigenvalue weighted by Crippen LogP contribution is -2.22. The van der Waals surface area contributed by atoms with Gasteiger partial charge in [0.25, 0.3) is 5.56 Å². The summed E-state index contributed by atoms with van der Waals surface area (Å²) in [6.45, 7) is 5.39. The Balaban J connectivity index is 1.39. The minimum absolute atomic E-state index is 0.0900. The average Bonchev–Trinajstić information content (AvgIpc) is 3.37. The van der Waals surface area contributed by atoms with E-state index in [1.54, 1.807) is 0 Å². The molecule has 5 rings (SSSR count). The van der Waals surface area contributed by atoms with Crippen molar-refractivity contribution in [1.29, 1.82) is 0 Å². The molecule has 166 valence electrons. The minimum atomic E-state index is -0.0900. The van der Waals surface area contributed by atoms with Gasteiger partial charge in [-0.2, -0.15) is 5.10 Å². The first kappa shape index (κ1) is 21.3. The smallest absolute Gasteiger partial charge is 0.260 e. The van der Waals surface area contributed by atoms with E-state index >= 15 is 0 Å². The molecule has 2 aromatic carbocycles. The van der Waals surface area contributed by atoms with Crippen LogP contribution < -0.4 is 5.56 Å². The van der Waals surface area contributed by atoms with Gasteiger partial charge in [-0.3, -0.25) is 9.69 Å². The predicted molar refractivity (Wildman–Crippen MR) is 134 cm³/mol. The molecule has 0 fully saturated rings. The van der Waals surface area contributed by atoms with Crippen LogP contribution in [0.4, 0.5) is 0 Å². The van der Waals surface area contributed by atoms with Crippen molar-refractivity contribution in [2.75, 3.05) is 7.05 Å². The number of para-hydroxylation sites is 1. The molecule has 3 heterocycles. The van der Waals surface area contributed by atoms with E-state index in [9.17, 15) is 4.79 Å². The van der Waals surface area contributed by atoms with Crippen LogP contribution in [0, 0.1) is 13.8 Å². The minimum Gasteiger partial charge on any atom is -0.309 e. The van der Waals surface area contributed by atoms with Gasteiger partial charge in [0.15, 0.2) is 0 Å². The van der Waals surface area contributed by atoms with E-state index in [4.69, 9.17) is 10.1 Å². The highest BCUT2D eigenvalue weighted by atomic mass is 32.1.